The van der Waals surface area contributed by atoms with E-state index in [-0.39, 0.29) is 12.4 Å². The van der Waals surface area contributed by atoms with Crippen LogP contribution in [0.5, 0.6) is 0 Å². The quantitative estimate of drug-likeness (QED) is 0.755. The van der Waals surface area contributed by atoms with Crippen LogP contribution >= 0.6 is 12.4 Å². The van der Waals surface area contributed by atoms with Gasteiger partial charge in [-0.15, -0.1) is 12.4 Å². The fourth-order valence-electron chi connectivity index (χ4n) is 2.92. The Hall–Kier alpha value is -1.33. The number of hydrogen-bond acceptors (Lipinski definition) is 3. The van der Waals surface area contributed by atoms with Gasteiger partial charge in [-0.1, -0.05) is 0 Å². The lowest BCUT2D eigenvalue weighted by atomic mass is 10.0. The molecule has 0 aromatic carbocycles. The molecule has 4 heterocycles. The van der Waals surface area contributed by atoms with E-state index in [1.165, 1.54) is 28.2 Å². The zero-order chi connectivity index (χ0) is 11.2. The van der Waals surface area contributed by atoms with Gasteiger partial charge in [0.05, 0.1) is 23.3 Å². The van der Waals surface area contributed by atoms with Gasteiger partial charge < -0.3 is 5.32 Å². The lowest BCUT2D eigenvalue weighted by Crippen LogP contribution is -2.23. The van der Waals surface area contributed by atoms with Crippen LogP contribution in [0.2, 0.25) is 0 Å². The summed E-state index contributed by atoms with van der Waals surface area (Å²) in [6.45, 7) is 2.99. The number of nitrogens with one attached hydrogen (secondary N) is 2. The molecule has 4 rings (SSSR count). The van der Waals surface area contributed by atoms with Crippen LogP contribution < -0.4 is 5.32 Å². The summed E-state index contributed by atoms with van der Waals surface area (Å²) in [5.41, 5.74) is 6.40. The Morgan fingerprint density at radius 2 is 2.22 bits per heavy atom. The monoisotopic (exact) mass is 265 g/mol. The van der Waals surface area contributed by atoms with Crippen molar-refractivity contribution in [2.75, 3.05) is 6.54 Å². The summed E-state index contributed by atoms with van der Waals surface area (Å²) < 4.78 is 2.17. The standard InChI is InChI=1S/C12H15N5.ClH/c1-2-8-6-14-15-11(8)12-9-7-13-4-3-10(9)16-17(12)5-1;/h6,13H,1-5,7H2,(H,14,15);1H. The van der Waals surface area contributed by atoms with Gasteiger partial charge in [0, 0.05) is 31.6 Å². The number of halogens is 1. The third-order valence-electron chi connectivity index (χ3n) is 3.74. The van der Waals surface area contributed by atoms with Crippen LogP contribution in [0.15, 0.2) is 6.20 Å². The van der Waals surface area contributed by atoms with Crippen molar-refractivity contribution >= 4 is 12.4 Å². The highest BCUT2D eigenvalue weighted by molar-refractivity contribution is 5.85. The molecular formula is C12H16ClN5. The lowest BCUT2D eigenvalue weighted by Gasteiger charge is -2.12. The Kier molecular flexibility index (Phi) is 2.87. The van der Waals surface area contributed by atoms with E-state index in [0.29, 0.717) is 0 Å². The van der Waals surface area contributed by atoms with E-state index in [0.717, 1.165) is 38.9 Å². The van der Waals surface area contributed by atoms with Gasteiger partial charge in [0.25, 0.3) is 0 Å². The van der Waals surface area contributed by atoms with Crippen molar-refractivity contribution in [3.63, 3.8) is 0 Å². The molecule has 2 aliphatic rings. The molecule has 0 spiro atoms. The summed E-state index contributed by atoms with van der Waals surface area (Å²) in [5.74, 6) is 0. The van der Waals surface area contributed by atoms with Gasteiger partial charge in [0.15, 0.2) is 0 Å². The molecule has 6 heteroatoms. The molecule has 2 aromatic rings. The molecule has 0 amide bonds. The molecule has 0 saturated heterocycles. The van der Waals surface area contributed by atoms with Crippen LogP contribution in [0, 0.1) is 0 Å². The van der Waals surface area contributed by atoms with E-state index in [1.54, 1.807) is 0 Å². The number of rotatable bonds is 0. The van der Waals surface area contributed by atoms with Crippen molar-refractivity contribution in [3.8, 4) is 11.4 Å². The van der Waals surface area contributed by atoms with Gasteiger partial charge in [-0.3, -0.25) is 9.78 Å². The van der Waals surface area contributed by atoms with Crippen LogP contribution in [-0.4, -0.2) is 26.5 Å². The van der Waals surface area contributed by atoms with E-state index >= 15 is 0 Å². The van der Waals surface area contributed by atoms with Crippen molar-refractivity contribution < 1.29 is 0 Å². The largest absolute Gasteiger partial charge is 0.312 e. The molecule has 5 nitrogen and oxygen atoms in total. The van der Waals surface area contributed by atoms with Crippen LogP contribution in [-0.2, 0) is 25.9 Å². The second-order valence-corrected chi connectivity index (χ2v) is 4.80. The first kappa shape index (κ1) is 11.7. The summed E-state index contributed by atoms with van der Waals surface area (Å²) >= 11 is 0. The minimum atomic E-state index is 0. The Labute approximate surface area is 111 Å². The van der Waals surface area contributed by atoms with Crippen LogP contribution in [0.3, 0.4) is 0 Å². The Morgan fingerprint density at radius 3 is 3.17 bits per heavy atom. The first-order chi connectivity index (χ1) is 8.43. The predicted molar refractivity (Wildman–Crippen MR) is 70.8 cm³/mol. The maximum atomic E-state index is 4.76. The lowest BCUT2D eigenvalue weighted by molar-refractivity contribution is 0.580. The van der Waals surface area contributed by atoms with E-state index < -0.39 is 0 Å². The van der Waals surface area contributed by atoms with Gasteiger partial charge in [-0.2, -0.15) is 10.2 Å². The molecule has 2 aliphatic heterocycles. The van der Waals surface area contributed by atoms with Crippen LogP contribution in [0.25, 0.3) is 11.4 Å². The number of aromatic nitrogens is 4. The Bertz CT molecular complexity index is 571. The molecule has 18 heavy (non-hydrogen) atoms. The summed E-state index contributed by atoms with van der Waals surface area (Å²) in [7, 11) is 0. The molecule has 96 valence electrons. The molecule has 0 atom stereocenters. The number of H-pyrrole nitrogens is 1. The summed E-state index contributed by atoms with van der Waals surface area (Å²) in [4.78, 5) is 0. The molecule has 0 radical (unpaired) electrons. The minimum Gasteiger partial charge on any atom is -0.312 e. The molecule has 2 aromatic heterocycles. The highest BCUT2D eigenvalue weighted by Gasteiger charge is 2.25. The SMILES string of the molecule is Cl.c1n[nH]c2c1CCCn1nc3c(c1-2)CNCC3. The van der Waals surface area contributed by atoms with E-state index in [1.807, 2.05) is 6.20 Å². The van der Waals surface area contributed by atoms with Crippen LogP contribution in [0.1, 0.15) is 23.2 Å². The molecule has 0 saturated carbocycles. The van der Waals surface area contributed by atoms with Gasteiger partial charge >= 0.3 is 0 Å². The maximum Gasteiger partial charge on any atom is 0.0911 e. The number of aryl methyl sites for hydroxylation is 2. The van der Waals surface area contributed by atoms with Crippen molar-refractivity contribution in [1.82, 2.24) is 25.3 Å². The molecule has 0 bridgehead atoms. The fourth-order valence-corrected chi connectivity index (χ4v) is 2.92. The van der Waals surface area contributed by atoms with Gasteiger partial charge in [-0.05, 0) is 18.4 Å². The first-order valence-corrected chi connectivity index (χ1v) is 6.25. The zero-order valence-electron chi connectivity index (χ0n) is 10.1. The first-order valence-electron chi connectivity index (χ1n) is 6.25. The minimum absolute atomic E-state index is 0. The third-order valence-corrected chi connectivity index (χ3v) is 3.74. The second-order valence-electron chi connectivity index (χ2n) is 4.80. The Morgan fingerprint density at radius 1 is 1.28 bits per heavy atom. The highest BCUT2D eigenvalue weighted by atomic mass is 35.5. The number of aromatic amines is 1. The van der Waals surface area contributed by atoms with Crippen molar-refractivity contribution in [2.24, 2.45) is 0 Å². The van der Waals surface area contributed by atoms with E-state index in [9.17, 15) is 0 Å². The average Bonchev–Trinajstić information content (AvgIpc) is 2.90. The van der Waals surface area contributed by atoms with Crippen LogP contribution in [0.4, 0.5) is 0 Å². The third kappa shape index (κ3) is 1.58. The second kappa shape index (κ2) is 4.40. The van der Waals surface area contributed by atoms with E-state index in [4.69, 9.17) is 5.10 Å². The summed E-state index contributed by atoms with van der Waals surface area (Å²) in [6, 6.07) is 0. The highest BCUT2D eigenvalue weighted by Crippen LogP contribution is 2.32. The number of fused-ring (bicyclic) bond motifs is 5. The predicted octanol–water partition coefficient (Wildman–Crippen LogP) is 1.29. The molecule has 0 fully saturated rings. The average molecular weight is 266 g/mol. The molecule has 0 unspecified atom stereocenters. The van der Waals surface area contributed by atoms with Crippen molar-refractivity contribution in [1.29, 1.82) is 0 Å². The van der Waals surface area contributed by atoms with Gasteiger partial charge in [0.2, 0.25) is 0 Å². The van der Waals surface area contributed by atoms with Gasteiger partial charge in [0.1, 0.15) is 0 Å². The fraction of sp³-hybridized carbons (Fsp3) is 0.500. The molecule has 0 aliphatic carbocycles. The number of nitrogens with zero attached hydrogens (tertiary/aromatic N) is 3. The number of hydrogen-bond donors (Lipinski definition) is 2. The van der Waals surface area contributed by atoms with Gasteiger partial charge in [-0.25, -0.2) is 0 Å². The molecule has 2 N–H and O–H groups in total. The van der Waals surface area contributed by atoms with Crippen molar-refractivity contribution in [3.05, 3.63) is 23.0 Å². The Balaban J connectivity index is 0.000001000. The topological polar surface area (TPSA) is 58.5 Å². The summed E-state index contributed by atoms with van der Waals surface area (Å²) in [6.07, 6.45) is 5.24. The zero-order valence-corrected chi connectivity index (χ0v) is 10.9. The summed E-state index contributed by atoms with van der Waals surface area (Å²) in [5, 5.41) is 15.5. The molecular weight excluding hydrogens is 250 g/mol. The van der Waals surface area contributed by atoms with E-state index in [2.05, 4.69) is 20.2 Å². The normalized spacial score (nSPS) is 17.1. The smallest absolute Gasteiger partial charge is 0.0911 e. The van der Waals surface area contributed by atoms with Crippen molar-refractivity contribution in [2.45, 2.75) is 32.4 Å². The maximum absolute atomic E-state index is 4.76.